The Morgan fingerprint density at radius 1 is 1.02 bits per heavy atom. The Hall–Kier alpha value is -1.96. The van der Waals surface area contributed by atoms with E-state index in [2.05, 4.69) is 25.0 Å². The Labute approximate surface area is 233 Å². The lowest BCUT2D eigenvalue weighted by molar-refractivity contribution is -0.130. The van der Waals surface area contributed by atoms with Gasteiger partial charge in [-0.3, -0.25) is 18.9 Å². The molecule has 1 saturated heterocycles. The highest BCUT2D eigenvalue weighted by Gasteiger charge is 2.46. The van der Waals surface area contributed by atoms with Gasteiger partial charge in [0.15, 0.2) is 12.5 Å². The van der Waals surface area contributed by atoms with Crippen LogP contribution in [-0.4, -0.2) is 115 Å². The molecular formula is C17H27N2O20P3. The summed E-state index contributed by atoms with van der Waals surface area (Å²) < 4.78 is 50.6. The average Bonchev–Trinajstić information content (AvgIpc) is 3.13. The van der Waals surface area contributed by atoms with Crippen LogP contribution in [0.5, 0.6) is 0 Å². The maximum atomic E-state index is 11.7. The van der Waals surface area contributed by atoms with E-state index in [0.717, 1.165) is 12.3 Å². The number of phosphoric ester groups is 1. The minimum Gasteiger partial charge on any atom is -0.387 e. The molecule has 1 aromatic rings. The van der Waals surface area contributed by atoms with Crippen molar-refractivity contribution in [3.8, 4) is 11.8 Å². The summed E-state index contributed by atoms with van der Waals surface area (Å²) in [5.74, 6) is 4.49. The second-order valence-electron chi connectivity index (χ2n) is 7.90. The van der Waals surface area contributed by atoms with Crippen LogP contribution in [0.25, 0.3) is 0 Å². The Bertz CT molecular complexity index is 1380. The quantitative estimate of drug-likeness (QED) is 0.0563. The monoisotopic (exact) mass is 672 g/mol. The van der Waals surface area contributed by atoms with Crippen LogP contribution in [0.1, 0.15) is 13.2 Å². The zero-order valence-corrected chi connectivity index (χ0v) is 23.6. The van der Waals surface area contributed by atoms with E-state index in [9.17, 15) is 43.2 Å². The number of ether oxygens (including phenoxy) is 1. The number of carbonyl (C=O) groups is 1. The first-order chi connectivity index (χ1) is 19.1. The summed E-state index contributed by atoms with van der Waals surface area (Å²) in [6, 6.07) is 0.920. The van der Waals surface area contributed by atoms with Crippen molar-refractivity contribution in [1.82, 2.24) is 9.55 Å². The van der Waals surface area contributed by atoms with E-state index in [0.29, 0.717) is 4.57 Å². The number of aliphatic hydroxyl groups excluding tert-OH is 6. The molecule has 10 atom stereocenters. The molecule has 0 spiro atoms. The summed E-state index contributed by atoms with van der Waals surface area (Å²) in [4.78, 5) is 69.9. The molecule has 1 fully saturated rings. The van der Waals surface area contributed by atoms with Crippen LogP contribution in [0, 0.1) is 11.8 Å². The van der Waals surface area contributed by atoms with Crippen LogP contribution in [-0.2, 0) is 36.4 Å². The molecule has 0 aromatic carbocycles. The fraction of sp³-hybridized carbons (Fsp3) is 0.588. The van der Waals surface area contributed by atoms with Crippen molar-refractivity contribution in [3.63, 3.8) is 0 Å². The number of H-pyrrole nitrogens is 1. The molecule has 25 heteroatoms. The zero-order valence-electron chi connectivity index (χ0n) is 20.9. The van der Waals surface area contributed by atoms with Crippen LogP contribution >= 0.6 is 23.5 Å². The van der Waals surface area contributed by atoms with Crippen molar-refractivity contribution in [1.29, 1.82) is 0 Å². The van der Waals surface area contributed by atoms with Gasteiger partial charge in [0.1, 0.15) is 42.7 Å². The maximum absolute atomic E-state index is 11.7. The Balaban J connectivity index is 0.000000572. The first-order valence-electron chi connectivity index (χ1n) is 10.9. The van der Waals surface area contributed by atoms with Crippen molar-refractivity contribution < 1.29 is 86.6 Å². The van der Waals surface area contributed by atoms with Crippen LogP contribution in [0.4, 0.5) is 0 Å². The number of aliphatic hydroxyl groups is 6. The lowest BCUT2D eigenvalue weighted by Gasteiger charge is -2.20. The number of hydrogen-bond acceptors (Lipinski definition) is 16. The molecule has 0 saturated carbocycles. The fourth-order valence-corrected chi connectivity index (χ4v) is 5.93. The van der Waals surface area contributed by atoms with Gasteiger partial charge in [0.2, 0.25) is 0 Å². The Kier molecular flexibility index (Phi) is 14.2. The molecule has 2 rings (SSSR count). The molecule has 42 heavy (non-hydrogen) atoms. The van der Waals surface area contributed by atoms with Gasteiger partial charge in [-0.1, -0.05) is 5.92 Å². The van der Waals surface area contributed by atoms with Crippen LogP contribution in [0.2, 0.25) is 0 Å². The van der Waals surface area contributed by atoms with Gasteiger partial charge in [0, 0.05) is 12.3 Å². The topological polar surface area (TPSA) is 362 Å². The summed E-state index contributed by atoms with van der Waals surface area (Å²) in [5, 5.41) is 55.8. The number of phosphoric acid groups is 3. The van der Waals surface area contributed by atoms with E-state index in [1.165, 1.54) is 6.92 Å². The minimum atomic E-state index is -5.73. The van der Waals surface area contributed by atoms with Crippen LogP contribution < -0.4 is 11.2 Å². The number of aromatic amines is 1. The molecule has 2 heterocycles. The van der Waals surface area contributed by atoms with Crippen molar-refractivity contribution in [2.45, 2.75) is 55.9 Å². The van der Waals surface area contributed by atoms with E-state index in [4.69, 9.17) is 39.8 Å². The first-order valence-corrected chi connectivity index (χ1v) is 15.4. The van der Waals surface area contributed by atoms with E-state index in [1.807, 2.05) is 4.98 Å². The van der Waals surface area contributed by atoms with Gasteiger partial charge in [0.05, 0.1) is 6.61 Å². The summed E-state index contributed by atoms with van der Waals surface area (Å²) in [7, 11) is -16.8. The summed E-state index contributed by atoms with van der Waals surface area (Å²) >= 11 is 0. The predicted octanol–water partition coefficient (Wildman–Crippen LogP) is -4.85. The molecule has 22 nitrogen and oxygen atoms in total. The Morgan fingerprint density at radius 2 is 1.62 bits per heavy atom. The second kappa shape index (κ2) is 15.7. The highest BCUT2D eigenvalue weighted by Crippen LogP contribution is 2.66. The maximum Gasteiger partial charge on any atom is 0.490 e. The number of rotatable bonds is 12. The predicted molar refractivity (Wildman–Crippen MR) is 131 cm³/mol. The van der Waals surface area contributed by atoms with Crippen LogP contribution in [0.3, 0.4) is 0 Å². The third kappa shape index (κ3) is 12.0. The van der Waals surface area contributed by atoms with E-state index in [-0.39, 0.29) is 6.29 Å². The Morgan fingerprint density at radius 3 is 2.12 bits per heavy atom. The van der Waals surface area contributed by atoms with Gasteiger partial charge >= 0.3 is 29.2 Å². The smallest absolute Gasteiger partial charge is 0.387 e. The second-order valence-corrected chi connectivity index (χ2v) is 12.3. The van der Waals surface area contributed by atoms with Crippen molar-refractivity contribution >= 4 is 29.8 Å². The molecule has 240 valence electrons. The molecule has 0 aliphatic carbocycles. The summed E-state index contributed by atoms with van der Waals surface area (Å²) in [6.45, 7) is 0.398. The number of aldehydes is 1. The zero-order chi connectivity index (χ0) is 32.6. The summed E-state index contributed by atoms with van der Waals surface area (Å²) in [5.41, 5.74) is -1.74. The number of aromatic nitrogens is 2. The normalized spacial score (nSPS) is 26.2. The lowest BCUT2D eigenvalue weighted by atomic mass is 10.0. The molecule has 1 aromatic heterocycles. The molecule has 0 amide bonds. The standard InChI is InChI=1S/C9H15N2O15P3.C8H12O5/c12-5-1-2-11(9(15)10-5)8-7(14)6(13)4(24-8)3-23-28(19,20)26-29(21,22)25-27(16,17)18;1-2-3-5(10)7(12)8(13)6(11)4-9/h1-2,4,6-8,13-14H,3H2,(H,19,20)(H,21,22)(H,10,12,15)(H2,16,17,18);4-8,10-13H,1H3/t4-,6-,7-,8-;/m1./s1. The van der Waals surface area contributed by atoms with E-state index >= 15 is 0 Å². The lowest BCUT2D eigenvalue weighted by Crippen LogP contribution is -2.44. The van der Waals surface area contributed by atoms with E-state index in [1.54, 1.807) is 0 Å². The summed E-state index contributed by atoms with van der Waals surface area (Å²) in [6.07, 6.45) is -12.2. The van der Waals surface area contributed by atoms with Gasteiger partial charge in [-0.15, -0.1) is 5.92 Å². The van der Waals surface area contributed by atoms with E-state index < -0.39 is 90.3 Å². The van der Waals surface area contributed by atoms with Gasteiger partial charge in [-0.2, -0.15) is 8.62 Å². The average molecular weight is 672 g/mol. The number of carbonyl (C=O) groups excluding carboxylic acids is 1. The van der Waals surface area contributed by atoms with Crippen molar-refractivity contribution in [2.75, 3.05) is 6.61 Å². The van der Waals surface area contributed by atoms with Gasteiger partial charge < -0.3 is 59.7 Å². The molecule has 0 radical (unpaired) electrons. The van der Waals surface area contributed by atoms with Gasteiger partial charge in [0.25, 0.3) is 5.56 Å². The highest BCUT2D eigenvalue weighted by molar-refractivity contribution is 7.66. The SMILES string of the molecule is CC#CC(O)C(O)C(O)C(O)C=O.O=c1ccn([C@@H]2O[C@H](COP(=O)(O)OP(=O)(O)OP(=O)(O)O)[C@@H](O)[C@H]2O)c(=O)[nH]1. The largest absolute Gasteiger partial charge is 0.490 e. The molecule has 6 unspecified atom stereocenters. The number of hydrogen-bond donors (Lipinski definition) is 11. The fourth-order valence-electron chi connectivity index (χ4n) is 2.90. The minimum absolute atomic E-state index is 0.0694. The number of nitrogens with one attached hydrogen (secondary N) is 1. The van der Waals surface area contributed by atoms with Gasteiger partial charge in [-0.25, -0.2) is 18.5 Å². The molecular weight excluding hydrogens is 645 g/mol. The highest BCUT2D eigenvalue weighted by atomic mass is 31.3. The molecule has 11 N–H and O–H groups in total. The molecule has 1 aliphatic rings. The first kappa shape index (κ1) is 38.1. The number of nitrogens with zero attached hydrogens (tertiary/aromatic N) is 1. The molecule has 0 bridgehead atoms. The third-order valence-corrected chi connectivity index (χ3v) is 8.54. The van der Waals surface area contributed by atoms with Gasteiger partial charge in [-0.05, 0) is 6.92 Å². The van der Waals surface area contributed by atoms with Crippen molar-refractivity contribution in [3.05, 3.63) is 33.1 Å². The molecule has 1 aliphatic heterocycles. The van der Waals surface area contributed by atoms with Crippen molar-refractivity contribution in [2.24, 2.45) is 0 Å². The van der Waals surface area contributed by atoms with Crippen LogP contribution in [0.15, 0.2) is 21.9 Å². The third-order valence-electron chi connectivity index (χ3n) is 4.74.